The van der Waals surface area contributed by atoms with Crippen molar-refractivity contribution < 1.29 is 8.42 Å². The molecular weight excluding hydrogens is 355 g/mol. The lowest BCUT2D eigenvalue weighted by atomic mass is 9.98. The summed E-state index contributed by atoms with van der Waals surface area (Å²) in [4.78, 5) is 0.135. The summed E-state index contributed by atoms with van der Waals surface area (Å²) in [6.07, 6.45) is 1.73. The first kappa shape index (κ1) is 19.0. The van der Waals surface area contributed by atoms with Crippen molar-refractivity contribution in [2.75, 3.05) is 26.7 Å². The fourth-order valence-corrected chi connectivity index (χ4v) is 4.68. The standard InChI is InChI=1S/C13H18Cl2N2O2S.ClH/c1-16-9-10-4-6-17(7-5-10)20(18,19)13-3-2-11(14)8-12(13)15;/h2-3,8,10,16H,4-7,9H2,1H3;1H. The first-order valence-corrected chi connectivity index (χ1v) is 8.74. The van der Waals surface area contributed by atoms with Crippen LogP contribution in [0.25, 0.3) is 0 Å². The summed E-state index contributed by atoms with van der Waals surface area (Å²) in [7, 11) is -1.61. The van der Waals surface area contributed by atoms with Gasteiger partial charge < -0.3 is 5.32 Å². The van der Waals surface area contributed by atoms with E-state index in [4.69, 9.17) is 23.2 Å². The van der Waals surface area contributed by atoms with Gasteiger partial charge in [0, 0.05) is 18.1 Å². The topological polar surface area (TPSA) is 49.4 Å². The van der Waals surface area contributed by atoms with Gasteiger partial charge in [-0.3, -0.25) is 0 Å². The number of piperidine rings is 1. The Labute approximate surface area is 142 Å². The quantitative estimate of drug-likeness (QED) is 0.882. The molecule has 0 aromatic heterocycles. The molecule has 0 amide bonds. The van der Waals surface area contributed by atoms with E-state index in [9.17, 15) is 8.42 Å². The van der Waals surface area contributed by atoms with Crippen LogP contribution in [0, 0.1) is 5.92 Å². The zero-order valence-corrected chi connectivity index (χ0v) is 14.8. The van der Waals surface area contributed by atoms with Crippen molar-refractivity contribution in [1.29, 1.82) is 0 Å². The van der Waals surface area contributed by atoms with Gasteiger partial charge in [0.1, 0.15) is 4.90 Å². The molecule has 21 heavy (non-hydrogen) atoms. The summed E-state index contributed by atoms with van der Waals surface area (Å²) < 4.78 is 26.6. The average Bonchev–Trinajstić information content (AvgIpc) is 2.39. The molecule has 0 atom stereocenters. The third kappa shape index (κ3) is 4.47. The van der Waals surface area contributed by atoms with Crippen molar-refractivity contribution in [2.45, 2.75) is 17.7 Å². The lowest BCUT2D eigenvalue weighted by Gasteiger charge is -2.31. The summed E-state index contributed by atoms with van der Waals surface area (Å²) >= 11 is 11.8. The minimum Gasteiger partial charge on any atom is -0.319 e. The van der Waals surface area contributed by atoms with Gasteiger partial charge in [0.05, 0.1) is 5.02 Å². The number of sulfonamides is 1. The summed E-state index contributed by atoms with van der Waals surface area (Å²) in [6, 6.07) is 4.48. The smallest absolute Gasteiger partial charge is 0.244 e. The molecule has 120 valence electrons. The first-order chi connectivity index (χ1) is 9.45. The van der Waals surface area contributed by atoms with Gasteiger partial charge in [-0.05, 0) is 50.6 Å². The van der Waals surface area contributed by atoms with Gasteiger partial charge >= 0.3 is 0 Å². The Morgan fingerprint density at radius 2 is 1.90 bits per heavy atom. The van der Waals surface area contributed by atoms with Gasteiger partial charge in [-0.15, -0.1) is 12.4 Å². The van der Waals surface area contributed by atoms with E-state index in [1.165, 1.54) is 16.4 Å². The van der Waals surface area contributed by atoms with Crippen molar-refractivity contribution in [3.8, 4) is 0 Å². The Morgan fingerprint density at radius 1 is 1.29 bits per heavy atom. The van der Waals surface area contributed by atoms with Crippen LogP contribution in [0.4, 0.5) is 0 Å². The number of hydrogen-bond acceptors (Lipinski definition) is 3. The SMILES string of the molecule is CNCC1CCN(S(=O)(=O)c2ccc(Cl)cc2Cl)CC1.Cl. The second-order valence-electron chi connectivity index (χ2n) is 4.98. The summed E-state index contributed by atoms with van der Waals surface area (Å²) in [5.41, 5.74) is 0. The maximum atomic E-state index is 12.6. The average molecular weight is 374 g/mol. The molecule has 1 N–H and O–H groups in total. The molecule has 1 aliphatic rings. The van der Waals surface area contributed by atoms with E-state index in [2.05, 4.69) is 5.32 Å². The van der Waals surface area contributed by atoms with E-state index in [1.807, 2.05) is 7.05 Å². The van der Waals surface area contributed by atoms with E-state index < -0.39 is 10.0 Å². The van der Waals surface area contributed by atoms with Crippen LogP contribution >= 0.6 is 35.6 Å². The van der Waals surface area contributed by atoms with Gasteiger partial charge in [0.25, 0.3) is 0 Å². The molecule has 1 aromatic carbocycles. The molecule has 1 fully saturated rings. The normalized spacial score (nSPS) is 17.5. The van der Waals surface area contributed by atoms with E-state index in [-0.39, 0.29) is 22.3 Å². The molecule has 1 heterocycles. The zero-order chi connectivity index (χ0) is 14.8. The van der Waals surface area contributed by atoms with E-state index in [0.29, 0.717) is 24.0 Å². The van der Waals surface area contributed by atoms with E-state index in [0.717, 1.165) is 19.4 Å². The highest BCUT2D eigenvalue weighted by molar-refractivity contribution is 7.89. The number of halogens is 3. The fourth-order valence-electron chi connectivity index (χ4n) is 2.47. The van der Waals surface area contributed by atoms with Crippen molar-refractivity contribution in [3.05, 3.63) is 28.2 Å². The molecule has 0 saturated carbocycles. The third-order valence-electron chi connectivity index (χ3n) is 3.58. The maximum absolute atomic E-state index is 12.6. The molecule has 0 aliphatic carbocycles. The van der Waals surface area contributed by atoms with Gasteiger partial charge in [0.15, 0.2) is 0 Å². The van der Waals surface area contributed by atoms with Crippen LogP contribution in [-0.4, -0.2) is 39.4 Å². The summed E-state index contributed by atoms with van der Waals surface area (Å²) in [5, 5.41) is 3.74. The van der Waals surface area contributed by atoms with Crippen LogP contribution in [0.2, 0.25) is 10.0 Å². The minimum atomic E-state index is -3.53. The molecule has 1 aromatic rings. The Hall–Kier alpha value is -0.0400. The van der Waals surface area contributed by atoms with E-state index >= 15 is 0 Å². The van der Waals surface area contributed by atoms with Crippen LogP contribution in [0.3, 0.4) is 0 Å². The number of nitrogens with one attached hydrogen (secondary N) is 1. The Kier molecular flexibility index (Phi) is 7.24. The lowest BCUT2D eigenvalue weighted by Crippen LogP contribution is -2.40. The Morgan fingerprint density at radius 3 is 2.43 bits per heavy atom. The molecular formula is C13H19Cl3N2O2S. The summed E-state index contributed by atoms with van der Waals surface area (Å²) in [5.74, 6) is 0.534. The van der Waals surface area contributed by atoms with Crippen molar-refractivity contribution in [2.24, 2.45) is 5.92 Å². The van der Waals surface area contributed by atoms with Crippen LogP contribution in [0.15, 0.2) is 23.1 Å². The molecule has 0 spiro atoms. The van der Waals surface area contributed by atoms with E-state index in [1.54, 1.807) is 6.07 Å². The highest BCUT2D eigenvalue weighted by Crippen LogP contribution is 2.29. The number of hydrogen-bond donors (Lipinski definition) is 1. The van der Waals surface area contributed by atoms with Gasteiger partial charge in [-0.2, -0.15) is 4.31 Å². The Balaban J connectivity index is 0.00000220. The highest BCUT2D eigenvalue weighted by atomic mass is 35.5. The van der Waals surface area contributed by atoms with Crippen LogP contribution in [0.5, 0.6) is 0 Å². The lowest BCUT2D eigenvalue weighted by molar-refractivity contribution is 0.270. The Bertz CT molecular complexity index is 573. The van der Waals surface area contributed by atoms with Crippen LogP contribution < -0.4 is 5.32 Å². The van der Waals surface area contributed by atoms with Gasteiger partial charge in [0.2, 0.25) is 10.0 Å². The summed E-state index contributed by atoms with van der Waals surface area (Å²) in [6.45, 7) is 2.00. The molecule has 0 bridgehead atoms. The fraction of sp³-hybridized carbons (Fsp3) is 0.538. The third-order valence-corrected chi connectivity index (χ3v) is 6.19. The van der Waals surface area contributed by atoms with Crippen LogP contribution in [-0.2, 0) is 10.0 Å². The zero-order valence-electron chi connectivity index (χ0n) is 11.7. The first-order valence-electron chi connectivity index (χ1n) is 6.55. The largest absolute Gasteiger partial charge is 0.319 e. The second kappa shape index (κ2) is 7.99. The molecule has 4 nitrogen and oxygen atoms in total. The van der Waals surface area contributed by atoms with Crippen LogP contribution in [0.1, 0.15) is 12.8 Å². The molecule has 0 radical (unpaired) electrons. The van der Waals surface area contributed by atoms with Crippen molar-refractivity contribution >= 4 is 45.6 Å². The van der Waals surface area contributed by atoms with Gasteiger partial charge in [-0.25, -0.2) is 8.42 Å². The van der Waals surface area contributed by atoms with Crippen molar-refractivity contribution in [3.63, 3.8) is 0 Å². The van der Waals surface area contributed by atoms with Gasteiger partial charge in [-0.1, -0.05) is 23.2 Å². The monoisotopic (exact) mass is 372 g/mol. The molecule has 1 saturated heterocycles. The predicted molar refractivity (Wildman–Crippen MR) is 89.1 cm³/mol. The van der Waals surface area contributed by atoms with Crippen molar-refractivity contribution in [1.82, 2.24) is 9.62 Å². The second-order valence-corrected chi connectivity index (χ2v) is 7.73. The highest BCUT2D eigenvalue weighted by Gasteiger charge is 2.30. The molecule has 0 unspecified atom stereocenters. The minimum absolute atomic E-state index is 0. The molecule has 1 aliphatic heterocycles. The predicted octanol–water partition coefficient (Wildman–Crippen LogP) is 3.04. The number of rotatable bonds is 4. The molecule has 2 rings (SSSR count). The number of benzene rings is 1. The number of nitrogens with zero attached hydrogens (tertiary/aromatic N) is 1. The maximum Gasteiger partial charge on any atom is 0.244 e. The molecule has 8 heteroatoms.